The summed E-state index contributed by atoms with van der Waals surface area (Å²) in [5.74, 6) is 0.657. The molecule has 20 heavy (non-hydrogen) atoms. The Morgan fingerprint density at radius 3 is 2.50 bits per heavy atom. The predicted octanol–water partition coefficient (Wildman–Crippen LogP) is 2.07. The third kappa shape index (κ3) is 3.76. The van der Waals surface area contributed by atoms with Crippen LogP contribution in [0.4, 0.5) is 5.69 Å². The van der Waals surface area contributed by atoms with Gasteiger partial charge in [0, 0.05) is 24.2 Å². The van der Waals surface area contributed by atoms with Crippen molar-refractivity contribution in [2.24, 2.45) is 5.73 Å². The molecule has 0 atom stereocenters. The number of nitro groups is 1. The molecule has 2 aromatic rings. The number of pyridine rings is 1. The fourth-order valence-corrected chi connectivity index (χ4v) is 1.67. The molecule has 1 aromatic carbocycles. The Labute approximate surface area is 116 Å². The molecule has 1 heterocycles. The van der Waals surface area contributed by atoms with E-state index in [1.165, 1.54) is 12.1 Å². The minimum absolute atomic E-state index is 0.0709. The molecular formula is C14H15N3O3. The Morgan fingerprint density at radius 2 is 1.95 bits per heavy atom. The standard InChI is InChI=1S/C14H15N3O3/c15-8-7-12-3-6-14(9-16-12)20-10-11-1-4-13(5-2-11)17(18)19/h1-6,9H,7-8,10,15H2. The van der Waals surface area contributed by atoms with Gasteiger partial charge in [0.1, 0.15) is 12.4 Å². The van der Waals surface area contributed by atoms with Crippen LogP contribution in [-0.4, -0.2) is 16.5 Å². The van der Waals surface area contributed by atoms with Crippen molar-refractivity contribution in [3.63, 3.8) is 0 Å². The summed E-state index contributed by atoms with van der Waals surface area (Å²) >= 11 is 0. The number of nitrogens with two attached hydrogens (primary N) is 1. The quantitative estimate of drug-likeness (QED) is 0.642. The topological polar surface area (TPSA) is 91.3 Å². The second-order valence-corrected chi connectivity index (χ2v) is 4.24. The number of nitro benzene ring substituents is 1. The number of ether oxygens (including phenoxy) is 1. The molecule has 6 nitrogen and oxygen atoms in total. The van der Waals surface area contributed by atoms with Crippen molar-refractivity contribution in [1.82, 2.24) is 4.98 Å². The normalized spacial score (nSPS) is 10.2. The van der Waals surface area contributed by atoms with Gasteiger partial charge < -0.3 is 10.5 Å². The zero-order valence-corrected chi connectivity index (χ0v) is 10.9. The molecule has 0 radical (unpaired) electrons. The first-order valence-electron chi connectivity index (χ1n) is 6.20. The molecule has 0 amide bonds. The van der Waals surface area contributed by atoms with E-state index in [1.54, 1.807) is 18.3 Å². The van der Waals surface area contributed by atoms with E-state index in [1.807, 2.05) is 12.1 Å². The molecule has 0 saturated heterocycles. The lowest BCUT2D eigenvalue weighted by Crippen LogP contribution is -2.04. The summed E-state index contributed by atoms with van der Waals surface area (Å²) in [6.07, 6.45) is 2.39. The Balaban J connectivity index is 1.92. The van der Waals surface area contributed by atoms with E-state index in [2.05, 4.69) is 4.98 Å². The Morgan fingerprint density at radius 1 is 1.20 bits per heavy atom. The van der Waals surface area contributed by atoms with Crippen molar-refractivity contribution in [2.75, 3.05) is 6.54 Å². The van der Waals surface area contributed by atoms with Crippen molar-refractivity contribution in [3.05, 3.63) is 64.0 Å². The molecule has 0 spiro atoms. The highest BCUT2D eigenvalue weighted by Crippen LogP contribution is 2.15. The third-order valence-electron chi connectivity index (χ3n) is 2.75. The monoisotopic (exact) mass is 273 g/mol. The zero-order valence-electron chi connectivity index (χ0n) is 10.9. The van der Waals surface area contributed by atoms with Crippen molar-refractivity contribution in [2.45, 2.75) is 13.0 Å². The fraction of sp³-hybridized carbons (Fsp3) is 0.214. The van der Waals surface area contributed by atoms with Gasteiger partial charge in [-0.25, -0.2) is 0 Å². The zero-order chi connectivity index (χ0) is 14.4. The lowest BCUT2D eigenvalue weighted by Gasteiger charge is -2.06. The van der Waals surface area contributed by atoms with Gasteiger partial charge in [0.15, 0.2) is 0 Å². The molecule has 2 N–H and O–H groups in total. The molecule has 0 bridgehead atoms. The summed E-state index contributed by atoms with van der Waals surface area (Å²) in [5, 5.41) is 10.5. The molecular weight excluding hydrogens is 258 g/mol. The van der Waals surface area contributed by atoms with Crippen LogP contribution in [0.2, 0.25) is 0 Å². The van der Waals surface area contributed by atoms with Gasteiger partial charge in [-0.1, -0.05) is 0 Å². The van der Waals surface area contributed by atoms with Crippen molar-refractivity contribution >= 4 is 5.69 Å². The molecule has 6 heteroatoms. The Hall–Kier alpha value is -2.47. The van der Waals surface area contributed by atoms with Crippen LogP contribution in [0, 0.1) is 10.1 Å². The van der Waals surface area contributed by atoms with Gasteiger partial charge in [0.2, 0.25) is 0 Å². The summed E-state index contributed by atoms with van der Waals surface area (Å²) < 4.78 is 5.56. The second-order valence-electron chi connectivity index (χ2n) is 4.24. The smallest absolute Gasteiger partial charge is 0.269 e. The molecule has 0 aliphatic carbocycles. The van der Waals surface area contributed by atoms with Gasteiger partial charge in [-0.2, -0.15) is 0 Å². The number of hydrogen-bond acceptors (Lipinski definition) is 5. The number of rotatable bonds is 6. The highest BCUT2D eigenvalue weighted by atomic mass is 16.6. The molecule has 0 unspecified atom stereocenters. The highest BCUT2D eigenvalue weighted by molar-refractivity contribution is 5.33. The van der Waals surface area contributed by atoms with E-state index >= 15 is 0 Å². The van der Waals surface area contributed by atoms with E-state index in [9.17, 15) is 10.1 Å². The van der Waals surface area contributed by atoms with Crippen molar-refractivity contribution in [1.29, 1.82) is 0 Å². The molecule has 0 aliphatic rings. The van der Waals surface area contributed by atoms with E-state index in [0.717, 1.165) is 17.7 Å². The maximum atomic E-state index is 10.5. The summed E-state index contributed by atoms with van der Waals surface area (Å²) in [4.78, 5) is 14.3. The average Bonchev–Trinajstić information content (AvgIpc) is 2.47. The van der Waals surface area contributed by atoms with Crippen LogP contribution in [-0.2, 0) is 13.0 Å². The number of aromatic nitrogens is 1. The minimum atomic E-state index is -0.426. The fourth-order valence-electron chi connectivity index (χ4n) is 1.67. The van der Waals surface area contributed by atoms with E-state index in [-0.39, 0.29) is 5.69 Å². The summed E-state index contributed by atoms with van der Waals surface area (Å²) in [5.41, 5.74) is 7.31. The molecule has 0 saturated carbocycles. The van der Waals surface area contributed by atoms with E-state index in [0.29, 0.717) is 18.9 Å². The number of nitrogens with zero attached hydrogens (tertiary/aromatic N) is 2. The van der Waals surface area contributed by atoms with Gasteiger partial charge in [0.05, 0.1) is 11.1 Å². The van der Waals surface area contributed by atoms with Gasteiger partial charge in [-0.3, -0.25) is 15.1 Å². The predicted molar refractivity (Wildman–Crippen MR) is 74.4 cm³/mol. The number of benzene rings is 1. The van der Waals surface area contributed by atoms with Gasteiger partial charge in [0.25, 0.3) is 5.69 Å². The maximum Gasteiger partial charge on any atom is 0.269 e. The molecule has 104 valence electrons. The van der Waals surface area contributed by atoms with Crippen LogP contribution in [0.3, 0.4) is 0 Å². The van der Waals surface area contributed by atoms with E-state index in [4.69, 9.17) is 10.5 Å². The lowest BCUT2D eigenvalue weighted by atomic mass is 10.2. The molecule has 1 aromatic heterocycles. The Kier molecular flexibility index (Phi) is 4.62. The first-order chi connectivity index (χ1) is 9.69. The van der Waals surface area contributed by atoms with E-state index < -0.39 is 4.92 Å². The number of hydrogen-bond donors (Lipinski definition) is 1. The second kappa shape index (κ2) is 6.63. The summed E-state index contributed by atoms with van der Waals surface area (Å²) in [7, 11) is 0. The van der Waals surface area contributed by atoms with Gasteiger partial charge >= 0.3 is 0 Å². The van der Waals surface area contributed by atoms with Crippen LogP contribution in [0.15, 0.2) is 42.6 Å². The molecule has 0 fully saturated rings. The van der Waals surface area contributed by atoms with Crippen molar-refractivity contribution < 1.29 is 9.66 Å². The van der Waals surface area contributed by atoms with Crippen LogP contribution in [0.5, 0.6) is 5.75 Å². The average molecular weight is 273 g/mol. The Bertz CT molecular complexity index is 567. The highest BCUT2D eigenvalue weighted by Gasteiger charge is 2.04. The number of non-ortho nitro benzene ring substituents is 1. The largest absolute Gasteiger partial charge is 0.487 e. The third-order valence-corrected chi connectivity index (χ3v) is 2.75. The van der Waals surface area contributed by atoms with Crippen LogP contribution >= 0.6 is 0 Å². The van der Waals surface area contributed by atoms with Crippen LogP contribution < -0.4 is 10.5 Å². The van der Waals surface area contributed by atoms with Crippen molar-refractivity contribution in [3.8, 4) is 5.75 Å². The first-order valence-corrected chi connectivity index (χ1v) is 6.20. The lowest BCUT2D eigenvalue weighted by molar-refractivity contribution is -0.384. The van der Waals surface area contributed by atoms with Gasteiger partial charge in [-0.15, -0.1) is 0 Å². The van der Waals surface area contributed by atoms with Gasteiger partial charge in [-0.05, 0) is 36.4 Å². The SMILES string of the molecule is NCCc1ccc(OCc2ccc([N+](=O)[O-])cc2)cn1. The summed E-state index contributed by atoms with van der Waals surface area (Å²) in [6, 6.07) is 9.98. The minimum Gasteiger partial charge on any atom is -0.487 e. The summed E-state index contributed by atoms with van der Waals surface area (Å²) in [6.45, 7) is 0.909. The van der Waals surface area contributed by atoms with Crippen LogP contribution in [0.1, 0.15) is 11.3 Å². The molecule has 2 rings (SSSR count). The maximum absolute atomic E-state index is 10.5. The van der Waals surface area contributed by atoms with Crippen LogP contribution in [0.25, 0.3) is 0 Å². The first kappa shape index (κ1) is 14.0. The molecule has 0 aliphatic heterocycles.